The van der Waals surface area contributed by atoms with Crippen LogP contribution in [0.5, 0.6) is 11.5 Å². The van der Waals surface area contributed by atoms with Crippen LogP contribution in [-0.4, -0.2) is 66.0 Å². The molecule has 1 aromatic carbocycles. The maximum absolute atomic E-state index is 12.6. The molecule has 2 aliphatic heterocycles. The molecule has 3 heterocycles. The van der Waals surface area contributed by atoms with Gasteiger partial charge in [-0.25, -0.2) is 4.98 Å². The number of piperazine rings is 1. The minimum Gasteiger partial charge on any atom is -0.454 e. The third-order valence-corrected chi connectivity index (χ3v) is 7.21. The molecule has 1 fully saturated rings. The number of amides is 1. The first-order chi connectivity index (χ1) is 15.3. The zero-order chi connectivity index (χ0) is 22.3. The van der Waals surface area contributed by atoms with Gasteiger partial charge in [0.2, 0.25) is 12.7 Å². The normalized spacial score (nSPS) is 20.2. The highest BCUT2D eigenvalue weighted by Gasteiger charge is 2.34. The van der Waals surface area contributed by atoms with Crippen LogP contribution in [0.1, 0.15) is 41.2 Å². The Kier molecular flexibility index (Phi) is 5.65. The van der Waals surface area contributed by atoms with Crippen molar-refractivity contribution in [2.45, 2.75) is 33.2 Å². The summed E-state index contributed by atoms with van der Waals surface area (Å²) in [5, 5.41) is 3.44. The summed E-state index contributed by atoms with van der Waals surface area (Å²) in [6, 6.07) is 6.08. The molecule has 8 nitrogen and oxygen atoms in total. The van der Waals surface area contributed by atoms with Crippen LogP contribution in [0, 0.1) is 5.41 Å². The summed E-state index contributed by atoms with van der Waals surface area (Å²) in [6.45, 7) is 9.10. The molecule has 1 aromatic heterocycles. The average Bonchev–Trinajstić information content (AvgIpc) is 3.35. The van der Waals surface area contributed by atoms with Gasteiger partial charge in [-0.3, -0.25) is 19.4 Å². The first kappa shape index (κ1) is 21.4. The number of hydrogen-bond acceptors (Lipinski definition) is 8. The van der Waals surface area contributed by atoms with E-state index in [1.165, 1.54) is 16.9 Å². The maximum atomic E-state index is 12.6. The monoisotopic (exact) mass is 456 g/mol. The Morgan fingerprint density at radius 1 is 1.12 bits per heavy atom. The lowest BCUT2D eigenvalue weighted by Gasteiger charge is -2.34. The second-order valence-electron chi connectivity index (χ2n) is 9.52. The van der Waals surface area contributed by atoms with E-state index in [0.717, 1.165) is 56.3 Å². The van der Waals surface area contributed by atoms with Crippen LogP contribution >= 0.6 is 11.3 Å². The SMILES string of the molecule is CC1(C)CC(=O)c2sc(NC(=O)CN3CCN(Cc4ccc5c(c4)OCO5)CC3)nc2C1. The van der Waals surface area contributed by atoms with Crippen LogP contribution in [0.15, 0.2) is 18.2 Å². The molecule has 1 N–H and O–H groups in total. The smallest absolute Gasteiger partial charge is 0.240 e. The van der Waals surface area contributed by atoms with Crippen LogP contribution in [-0.2, 0) is 17.8 Å². The number of anilines is 1. The fourth-order valence-corrected chi connectivity index (χ4v) is 5.47. The average molecular weight is 457 g/mol. The first-order valence-electron chi connectivity index (χ1n) is 11.0. The number of rotatable bonds is 5. The topological polar surface area (TPSA) is 84.0 Å². The van der Waals surface area contributed by atoms with E-state index >= 15 is 0 Å². The number of thiazole rings is 1. The lowest BCUT2D eigenvalue weighted by Crippen LogP contribution is -2.48. The zero-order valence-corrected chi connectivity index (χ0v) is 19.3. The van der Waals surface area contributed by atoms with Gasteiger partial charge >= 0.3 is 0 Å². The molecule has 1 saturated heterocycles. The van der Waals surface area contributed by atoms with E-state index < -0.39 is 0 Å². The molecule has 9 heteroatoms. The van der Waals surface area contributed by atoms with Gasteiger partial charge in [-0.15, -0.1) is 0 Å². The highest BCUT2D eigenvalue weighted by molar-refractivity contribution is 7.17. The summed E-state index contributed by atoms with van der Waals surface area (Å²) in [5.74, 6) is 1.67. The highest BCUT2D eigenvalue weighted by atomic mass is 32.1. The van der Waals surface area contributed by atoms with Gasteiger partial charge in [-0.05, 0) is 29.5 Å². The number of nitrogens with one attached hydrogen (secondary N) is 1. The van der Waals surface area contributed by atoms with E-state index in [1.54, 1.807) is 0 Å². The molecule has 2 aromatic rings. The summed E-state index contributed by atoms with van der Waals surface area (Å²) in [6.07, 6.45) is 1.30. The fourth-order valence-electron chi connectivity index (χ4n) is 4.54. The van der Waals surface area contributed by atoms with Crippen LogP contribution in [0.2, 0.25) is 0 Å². The molecule has 0 bridgehead atoms. The minimum absolute atomic E-state index is 0.0697. The van der Waals surface area contributed by atoms with Gasteiger partial charge in [0.1, 0.15) is 0 Å². The Morgan fingerprint density at radius 3 is 2.69 bits per heavy atom. The minimum atomic E-state index is -0.0768. The Balaban J connectivity index is 1.10. The fraction of sp³-hybridized carbons (Fsp3) is 0.522. The Labute approximate surface area is 191 Å². The molecular weight excluding hydrogens is 428 g/mol. The summed E-state index contributed by atoms with van der Waals surface area (Å²) >= 11 is 1.31. The number of nitrogens with zero attached hydrogens (tertiary/aromatic N) is 3. The van der Waals surface area contributed by atoms with E-state index in [9.17, 15) is 9.59 Å². The number of carbonyl (C=O) groups excluding carboxylic acids is 2. The standard InChI is InChI=1S/C23H28N4O4S/c1-23(2)10-16-21(17(28)11-23)32-22(24-16)25-20(29)13-27-7-5-26(6-8-27)12-15-3-4-18-19(9-15)31-14-30-18/h3-4,9H,5-8,10-14H2,1-2H3,(H,24,25,29). The van der Waals surface area contributed by atoms with Gasteiger partial charge in [0.05, 0.1) is 17.1 Å². The molecule has 5 rings (SSSR count). The Morgan fingerprint density at radius 2 is 1.88 bits per heavy atom. The van der Waals surface area contributed by atoms with E-state index in [0.29, 0.717) is 23.0 Å². The quantitative estimate of drug-likeness (QED) is 0.741. The molecule has 0 atom stereocenters. The predicted molar refractivity (Wildman–Crippen MR) is 121 cm³/mol. The van der Waals surface area contributed by atoms with Gasteiger partial charge in [-0.2, -0.15) is 0 Å². The number of Topliss-reactive ketones (excluding diaryl/α,β-unsaturated/α-hetero) is 1. The van der Waals surface area contributed by atoms with Gasteiger partial charge in [0.15, 0.2) is 22.4 Å². The number of ether oxygens (including phenoxy) is 2. The molecular formula is C23H28N4O4S. The second-order valence-corrected chi connectivity index (χ2v) is 10.5. The van der Waals surface area contributed by atoms with E-state index in [1.807, 2.05) is 12.1 Å². The summed E-state index contributed by atoms with van der Waals surface area (Å²) in [4.78, 5) is 34.7. The van der Waals surface area contributed by atoms with Crippen molar-refractivity contribution < 1.29 is 19.1 Å². The molecule has 1 amide bonds. The number of benzene rings is 1. The van der Waals surface area contributed by atoms with Crippen molar-refractivity contribution in [2.24, 2.45) is 5.41 Å². The van der Waals surface area contributed by atoms with Gasteiger partial charge in [0.25, 0.3) is 0 Å². The number of fused-ring (bicyclic) bond motifs is 2. The van der Waals surface area contributed by atoms with Crippen molar-refractivity contribution in [2.75, 3.05) is 44.8 Å². The van der Waals surface area contributed by atoms with Crippen molar-refractivity contribution in [3.8, 4) is 11.5 Å². The van der Waals surface area contributed by atoms with Crippen molar-refractivity contribution in [3.05, 3.63) is 34.3 Å². The number of aromatic nitrogens is 1. The van der Waals surface area contributed by atoms with Gasteiger partial charge in [-0.1, -0.05) is 31.3 Å². The van der Waals surface area contributed by atoms with Crippen LogP contribution in [0.3, 0.4) is 0 Å². The molecule has 170 valence electrons. The van der Waals surface area contributed by atoms with Crippen molar-refractivity contribution in [1.82, 2.24) is 14.8 Å². The highest BCUT2D eigenvalue weighted by Crippen LogP contribution is 2.38. The van der Waals surface area contributed by atoms with Crippen molar-refractivity contribution in [3.63, 3.8) is 0 Å². The number of hydrogen-bond donors (Lipinski definition) is 1. The maximum Gasteiger partial charge on any atom is 0.240 e. The van der Waals surface area contributed by atoms with E-state index in [4.69, 9.17) is 9.47 Å². The first-order valence-corrected chi connectivity index (χ1v) is 11.8. The lowest BCUT2D eigenvalue weighted by molar-refractivity contribution is -0.117. The Hall–Kier alpha value is -2.49. The summed E-state index contributed by atoms with van der Waals surface area (Å²) in [7, 11) is 0. The van der Waals surface area contributed by atoms with Crippen LogP contribution < -0.4 is 14.8 Å². The van der Waals surface area contributed by atoms with Crippen LogP contribution in [0.4, 0.5) is 5.13 Å². The molecule has 0 radical (unpaired) electrons. The molecule has 1 aliphatic carbocycles. The van der Waals surface area contributed by atoms with Crippen molar-refractivity contribution in [1.29, 1.82) is 0 Å². The third kappa shape index (κ3) is 4.65. The molecule has 32 heavy (non-hydrogen) atoms. The van der Waals surface area contributed by atoms with Gasteiger partial charge in [0, 0.05) is 39.1 Å². The van der Waals surface area contributed by atoms with E-state index in [-0.39, 0.29) is 23.9 Å². The zero-order valence-electron chi connectivity index (χ0n) is 18.5. The third-order valence-electron chi connectivity index (χ3n) is 6.16. The second kappa shape index (κ2) is 8.46. The molecule has 0 unspecified atom stereocenters. The molecule has 3 aliphatic rings. The predicted octanol–water partition coefficient (Wildman–Crippen LogP) is 2.78. The van der Waals surface area contributed by atoms with Crippen molar-refractivity contribution >= 4 is 28.2 Å². The summed E-state index contributed by atoms with van der Waals surface area (Å²) in [5.41, 5.74) is 1.95. The largest absolute Gasteiger partial charge is 0.454 e. The molecule has 0 saturated carbocycles. The molecule has 0 spiro atoms. The number of carbonyl (C=O) groups is 2. The Bertz CT molecular complexity index is 1040. The van der Waals surface area contributed by atoms with E-state index in [2.05, 4.69) is 40.0 Å². The van der Waals surface area contributed by atoms with Gasteiger partial charge < -0.3 is 14.8 Å². The summed E-state index contributed by atoms with van der Waals surface area (Å²) < 4.78 is 10.8. The lowest BCUT2D eigenvalue weighted by atomic mass is 9.78. The van der Waals surface area contributed by atoms with Crippen LogP contribution in [0.25, 0.3) is 0 Å². The number of ketones is 1.